The molecule has 0 saturated carbocycles. The molecule has 132 valence electrons. The Morgan fingerprint density at radius 1 is 1.24 bits per heavy atom. The monoisotopic (exact) mass is 361 g/mol. The van der Waals surface area contributed by atoms with Crippen LogP contribution < -0.4 is 4.90 Å². The number of hydrogen-bond acceptors (Lipinski definition) is 4. The first-order valence-electron chi connectivity index (χ1n) is 8.64. The molecule has 0 amide bonds. The van der Waals surface area contributed by atoms with E-state index in [9.17, 15) is 4.39 Å². The van der Waals surface area contributed by atoms with Crippen LogP contribution in [-0.4, -0.2) is 35.3 Å². The average molecular weight is 362 g/mol. The molecule has 4 nitrogen and oxygen atoms in total. The van der Waals surface area contributed by atoms with E-state index in [0.717, 1.165) is 48.6 Å². The fraction of sp³-hybridized carbons (Fsp3) is 0.474. The van der Waals surface area contributed by atoms with Crippen LogP contribution in [0.1, 0.15) is 43.0 Å². The summed E-state index contributed by atoms with van der Waals surface area (Å²) in [5, 5.41) is 0.270. The Labute approximate surface area is 152 Å². The van der Waals surface area contributed by atoms with Crippen molar-refractivity contribution in [2.24, 2.45) is 0 Å². The van der Waals surface area contributed by atoms with E-state index in [1.165, 1.54) is 12.1 Å². The predicted molar refractivity (Wildman–Crippen MR) is 95.9 cm³/mol. The molecule has 25 heavy (non-hydrogen) atoms. The number of hydrogen-bond donors (Lipinski definition) is 0. The van der Waals surface area contributed by atoms with Crippen molar-refractivity contribution in [1.82, 2.24) is 9.97 Å². The van der Waals surface area contributed by atoms with Crippen molar-refractivity contribution in [2.45, 2.75) is 38.2 Å². The van der Waals surface area contributed by atoms with Crippen LogP contribution in [0, 0.1) is 5.82 Å². The topological polar surface area (TPSA) is 38.2 Å². The van der Waals surface area contributed by atoms with Gasteiger partial charge in [0.2, 0.25) is 5.28 Å². The van der Waals surface area contributed by atoms with Crippen molar-refractivity contribution in [3.8, 4) is 0 Å². The summed E-state index contributed by atoms with van der Waals surface area (Å²) < 4.78 is 19.1. The van der Waals surface area contributed by atoms with E-state index in [2.05, 4.69) is 28.7 Å². The molecule has 0 radical (unpaired) electrons. The number of aromatic nitrogens is 2. The molecule has 1 aromatic carbocycles. The van der Waals surface area contributed by atoms with E-state index in [0.29, 0.717) is 6.61 Å². The third kappa shape index (κ3) is 3.23. The van der Waals surface area contributed by atoms with E-state index in [4.69, 9.17) is 16.3 Å². The molecule has 1 aliphatic heterocycles. The summed E-state index contributed by atoms with van der Waals surface area (Å²) in [4.78, 5) is 11.3. The fourth-order valence-corrected chi connectivity index (χ4v) is 4.06. The van der Waals surface area contributed by atoms with Crippen LogP contribution in [0.15, 0.2) is 24.3 Å². The molecule has 1 saturated heterocycles. The molecule has 0 bridgehead atoms. The molecule has 0 spiro atoms. The summed E-state index contributed by atoms with van der Waals surface area (Å²) in [6, 6.07) is 6.67. The van der Waals surface area contributed by atoms with Crippen molar-refractivity contribution in [1.29, 1.82) is 0 Å². The lowest BCUT2D eigenvalue weighted by atomic mass is 9.97. The van der Waals surface area contributed by atoms with Gasteiger partial charge < -0.3 is 9.64 Å². The molecule has 1 unspecified atom stereocenters. The van der Waals surface area contributed by atoms with E-state index >= 15 is 0 Å². The lowest BCUT2D eigenvalue weighted by Gasteiger charge is -2.39. The fourth-order valence-electron chi connectivity index (χ4n) is 3.89. The van der Waals surface area contributed by atoms with Crippen LogP contribution in [0.4, 0.5) is 10.2 Å². The molecular weight excluding hydrogens is 341 g/mol. The van der Waals surface area contributed by atoms with E-state index in [1.54, 1.807) is 0 Å². The molecule has 1 fully saturated rings. The van der Waals surface area contributed by atoms with Gasteiger partial charge in [0, 0.05) is 24.6 Å². The maximum absolute atomic E-state index is 13.2. The Morgan fingerprint density at radius 3 is 2.72 bits per heavy atom. The minimum Gasteiger partial charge on any atom is -0.372 e. The van der Waals surface area contributed by atoms with Gasteiger partial charge in [-0.05, 0) is 56.0 Å². The first-order valence-corrected chi connectivity index (χ1v) is 9.01. The van der Waals surface area contributed by atoms with Gasteiger partial charge in [0.1, 0.15) is 11.6 Å². The lowest BCUT2D eigenvalue weighted by Crippen LogP contribution is -2.49. The summed E-state index contributed by atoms with van der Waals surface area (Å²) >= 11 is 6.26. The maximum atomic E-state index is 13.2. The van der Waals surface area contributed by atoms with Crippen molar-refractivity contribution in [2.75, 3.05) is 24.6 Å². The first kappa shape index (κ1) is 16.7. The highest BCUT2D eigenvalue weighted by atomic mass is 35.5. The van der Waals surface area contributed by atoms with Gasteiger partial charge in [0.15, 0.2) is 0 Å². The smallest absolute Gasteiger partial charge is 0.224 e. The van der Waals surface area contributed by atoms with E-state index < -0.39 is 0 Å². The Bertz CT molecular complexity index is 794. The third-order valence-electron chi connectivity index (χ3n) is 5.00. The average Bonchev–Trinajstić information content (AvgIpc) is 2.97. The van der Waals surface area contributed by atoms with Crippen LogP contribution in [0.25, 0.3) is 0 Å². The standard InChI is InChI=1S/C19H21ClFN3O/c1-19(2)11-24(9-10-25-19)17-15-8-7-14(16(15)22-18(20)23-17)12-3-5-13(21)6-4-12/h3-6,14H,7-11H2,1-2H3. The Kier molecular flexibility index (Phi) is 4.16. The zero-order valence-electron chi connectivity index (χ0n) is 14.4. The van der Waals surface area contributed by atoms with Crippen molar-refractivity contribution < 1.29 is 9.13 Å². The number of nitrogens with zero attached hydrogens (tertiary/aromatic N) is 3. The lowest BCUT2D eigenvalue weighted by molar-refractivity contribution is -0.0279. The number of morpholine rings is 1. The summed E-state index contributed by atoms with van der Waals surface area (Å²) in [6.45, 7) is 6.41. The maximum Gasteiger partial charge on any atom is 0.224 e. The largest absolute Gasteiger partial charge is 0.372 e. The zero-order valence-corrected chi connectivity index (χ0v) is 15.2. The molecule has 1 atom stereocenters. The van der Waals surface area contributed by atoms with Gasteiger partial charge in [-0.2, -0.15) is 0 Å². The number of rotatable bonds is 2. The van der Waals surface area contributed by atoms with Gasteiger partial charge in [-0.25, -0.2) is 14.4 Å². The molecule has 2 aromatic rings. The Hall–Kier alpha value is -1.72. The van der Waals surface area contributed by atoms with Gasteiger partial charge in [-0.1, -0.05) is 12.1 Å². The Morgan fingerprint density at radius 2 is 2.00 bits per heavy atom. The minimum absolute atomic E-state index is 0.143. The minimum atomic E-state index is -0.223. The second-order valence-corrected chi connectivity index (χ2v) is 7.69. The second kappa shape index (κ2) is 6.22. The molecule has 1 aliphatic carbocycles. The highest BCUT2D eigenvalue weighted by Crippen LogP contribution is 2.41. The third-order valence-corrected chi connectivity index (χ3v) is 5.17. The number of fused-ring (bicyclic) bond motifs is 1. The van der Waals surface area contributed by atoms with Crippen molar-refractivity contribution in [3.05, 3.63) is 52.2 Å². The molecule has 2 aliphatic rings. The van der Waals surface area contributed by atoms with Crippen LogP contribution in [0.5, 0.6) is 0 Å². The Balaban J connectivity index is 1.72. The SMILES string of the molecule is CC1(C)CN(c2nc(Cl)nc3c2CCC3c2ccc(F)cc2)CCO1. The molecule has 6 heteroatoms. The van der Waals surface area contributed by atoms with Crippen LogP contribution in [-0.2, 0) is 11.2 Å². The van der Waals surface area contributed by atoms with Gasteiger partial charge >= 0.3 is 0 Å². The molecule has 0 N–H and O–H groups in total. The van der Waals surface area contributed by atoms with Crippen LogP contribution in [0.3, 0.4) is 0 Å². The highest BCUT2D eigenvalue weighted by Gasteiger charge is 2.34. The quantitative estimate of drug-likeness (QED) is 0.759. The molecular formula is C19H21ClFN3O. The van der Waals surface area contributed by atoms with Gasteiger partial charge in [-0.15, -0.1) is 0 Å². The van der Waals surface area contributed by atoms with Crippen LogP contribution >= 0.6 is 11.6 Å². The van der Waals surface area contributed by atoms with Crippen LogP contribution in [0.2, 0.25) is 5.28 Å². The second-order valence-electron chi connectivity index (χ2n) is 7.35. The van der Waals surface area contributed by atoms with E-state index in [-0.39, 0.29) is 22.6 Å². The van der Waals surface area contributed by atoms with Gasteiger partial charge in [-0.3, -0.25) is 0 Å². The zero-order chi connectivity index (χ0) is 17.6. The number of ether oxygens (including phenoxy) is 1. The van der Waals surface area contributed by atoms with E-state index in [1.807, 2.05) is 12.1 Å². The number of halogens is 2. The predicted octanol–water partition coefficient (Wildman–Crippen LogP) is 3.96. The molecule has 4 rings (SSSR count). The summed E-state index contributed by atoms with van der Waals surface area (Å²) in [5.74, 6) is 0.846. The summed E-state index contributed by atoms with van der Waals surface area (Å²) in [5.41, 5.74) is 3.00. The van der Waals surface area contributed by atoms with Gasteiger partial charge in [0.05, 0.1) is 17.9 Å². The molecule has 1 aromatic heterocycles. The first-order chi connectivity index (χ1) is 11.9. The van der Waals surface area contributed by atoms with Crippen molar-refractivity contribution in [3.63, 3.8) is 0 Å². The number of benzene rings is 1. The molecule has 2 heterocycles. The normalized spacial score (nSPS) is 22.1. The highest BCUT2D eigenvalue weighted by molar-refractivity contribution is 6.28. The summed E-state index contributed by atoms with van der Waals surface area (Å²) in [6.07, 6.45) is 1.85. The van der Waals surface area contributed by atoms with Gasteiger partial charge in [0.25, 0.3) is 0 Å². The summed E-state index contributed by atoms with van der Waals surface area (Å²) in [7, 11) is 0. The van der Waals surface area contributed by atoms with Crippen molar-refractivity contribution >= 4 is 17.4 Å². The number of anilines is 1.